The first-order valence-electron chi connectivity index (χ1n) is 10.4. The van der Waals surface area contributed by atoms with Crippen LogP contribution in [-0.2, 0) is 37.6 Å². The molecule has 0 bridgehead atoms. The van der Waals surface area contributed by atoms with Crippen molar-refractivity contribution in [2.24, 2.45) is 17.0 Å². The second kappa shape index (κ2) is 8.58. The third-order valence-corrected chi connectivity index (χ3v) is 8.62. The van der Waals surface area contributed by atoms with Gasteiger partial charge in [0.1, 0.15) is 5.70 Å². The number of carbonyl (C=O) groups excluding carboxylic acids is 2. The minimum Gasteiger partial charge on any atom is -0.453 e. The maximum Gasteiger partial charge on any atom is 0.519 e. The number of aliphatic hydroxyl groups is 1. The Balaban J connectivity index is 1.57. The first kappa shape index (κ1) is 24.0. The number of aryl methyl sites for hydroxylation is 1. The Labute approximate surface area is 193 Å². The van der Waals surface area contributed by atoms with Crippen LogP contribution in [0.1, 0.15) is 32.3 Å². The number of nitrogens with two attached hydrogens (primary N) is 1. The Morgan fingerprint density at radius 1 is 1.30 bits per heavy atom. The highest BCUT2D eigenvalue weighted by molar-refractivity contribution is 8.04. The van der Waals surface area contributed by atoms with Crippen molar-refractivity contribution in [3.63, 3.8) is 0 Å². The molecule has 0 spiro atoms. The van der Waals surface area contributed by atoms with Crippen LogP contribution in [0.3, 0.4) is 0 Å². The standard InChI is InChI=1S/C19H25N3O9S2/c1-4-11-12(31-19(26)30-11)7-29-18(25)15-16(32-10-5-21(6-10)33(20,27)28)8(2)14-13(9(3)23)17(24)22(14)15/h8-10,13-14,23H,4-7H2,1-3H3,(H2,20,27,28)/t8-,9-,13-,14-/m1/s1. The van der Waals surface area contributed by atoms with E-state index in [1.165, 1.54) is 23.6 Å². The Hall–Kier alpha value is -2.13. The fourth-order valence-corrected chi connectivity index (χ4v) is 6.93. The summed E-state index contributed by atoms with van der Waals surface area (Å²) in [5.74, 6) is -2.62. The molecule has 1 amide bonds. The van der Waals surface area contributed by atoms with Crippen molar-refractivity contribution in [1.29, 1.82) is 0 Å². The van der Waals surface area contributed by atoms with Crippen molar-refractivity contribution >= 4 is 33.8 Å². The van der Waals surface area contributed by atoms with E-state index in [2.05, 4.69) is 0 Å². The van der Waals surface area contributed by atoms with Gasteiger partial charge in [-0.05, 0) is 6.92 Å². The Morgan fingerprint density at radius 2 is 1.94 bits per heavy atom. The van der Waals surface area contributed by atoms with Crippen molar-refractivity contribution in [2.75, 3.05) is 13.1 Å². The number of ether oxygens (including phenoxy) is 1. The fraction of sp³-hybridized carbons (Fsp3) is 0.632. The van der Waals surface area contributed by atoms with Gasteiger partial charge in [0.25, 0.3) is 10.2 Å². The van der Waals surface area contributed by atoms with Crippen molar-refractivity contribution in [3.05, 3.63) is 32.7 Å². The summed E-state index contributed by atoms with van der Waals surface area (Å²) in [5, 5.41) is 15.1. The van der Waals surface area contributed by atoms with Gasteiger partial charge in [0, 0.05) is 35.6 Å². The van der Waals surface area contributed by atoms with Crippen LogP contribution in [0.2, 0.25) is 0 Å². The summed E-state index contributed by atoms with van der Waals surface area (Å²) in [6.45, 7) is 5.14. The van der Waals surface area contributed by atoms with Crippen LogP contribution in [0.4, 0.5) is 0 Å². The molecule has 4 atom stereocenters. The maximum absolute atomic E-state index is 13.1. The van der Waals surface area contributed by atoms with E-state index in [1.807, 2.05) is 6.92 Å². The molecule has 4 heterocycles. The molecule has 0 unspecified atom stereocenters. The van der Waals surface area contributed by atoms with E-state index in [1.54, 1.807) is 6.92 Å². The quantitative estimate of drug-likeness (QED) is 0.349. The van der Waals surface area contributed by atoms with Gasteiger partial charge in [0.05, 0.1) is 18.1 Å². The normalized spacial score (nSPS) is 26.8. The van der Waals surface area contributed by atoms with Crippen molar-refractivity contribution < 1.29 is 36.7 Å². The zero-order valence-electron chi connectivity index (χ0n) is 18.2. The van der Waals surface area contributed by atoms with Crippen molar-refractivity contribution in [2.45, 2.75) is 51.2 Å². The van der Waals surface area contributed by atoms with Crippen LogP contribution < -0.4 is 11.0 Å². The lowest BCUT2D eigenvalue weighted by Crippen LogP contribution is -2.63. The molecule has 33 heavy (non-hydrogen) atoms. The topological polar surface area (TPSA) is 174 Å². The molecule has 3 aliphatic heterocycles. The molecule has 1 aromatic heterocycles. The van der Waals surface area contributed by atoms with E-state index in [0.717, 1.165) is 4.31 Å². The third-order valence-electron chi connectivity index (χ3n) is 6.15. The molecule has 1 aromatic rings. The fourth-order valence-electron chi connectivity index (χ4n) is 4.45. The summed E-state index contributed by atoms with van der Waals surface area (Å²) in [6.07, 6.45) is -0.526. The number of thioether (sulfide) groups is 1. The second-order valence-electron chi connectivity index (χ2n) is 8.30. The average molecular weight is 504 g/mol. The molecule has 0 saturated carbocycles. The van der Waals surface area contributed by atoms with Crippen LogP contribution in [0, 0.1) is 11.8 Å². The van der Waals surface area contributed by atoms with Gasteiger partial charge in [0.15, 0.2) is 18.1 Å². The lowest BCUT2D eigenvalue weighted by atomic mass is 9.79. The zero-order chi connectivity index (χ0) is 24.2. The maximum atomic E-state index is 13.1. The minimum atomic E-state index is -3.79. The molecule has 0 aliphatic carbocycles. The van der Waals surface area contributed by atoms with Crippen molar-refractivity contribution in [3.8, 4) is 0 Å². The van der Waals surface area contributed by atoms with Crippen LogP contribution in [0.15, 0.2) is 24.2 Å². The molecular weight excluding hydrogens is 478 g/mol. The van der Waals surface area contributed by atoms with Gasteiger partial charge in [-0.3, -0.25) is 4.79 Å². The molecule has 3 aliphatic rings. The van der Waals surface area contributed by atoms with E-state index < -0.39 is 40.1 Å². The Bertz CT molecular complexity index is 1160. The first-order valence-corrected chi connectivity index (χ1v) is 12.8. The highest BCUT2D eigenvalue weighted by atomic mass is 32.2. The highest BCUT2D eigenvalue weighted by Gasteiger charge is 2.60. The van der Waals surface area contributed by atoms with Gasteiger partial charge >= 0.3 is 11.8 Å². The molecule has 3 N–H and O–H groups in total. The second-order valence-corrected chi connectivity index (χ2v) is 11.2. The number of hydrogen-bond acceptors (Lipinski definition) is 10. The number of fused-ring (bicyclic) bond motifs is 1. The molecule has 0 radical (unpaired) electrons. The van der Waals surface area contributed by atoms with Gasteiger partial charge in [-0.1, -0.05) is 13.8 Å². The van der Waals surface area contributed by atoms with Gasteiger partial charge in [-0.25, -0.2) is 14.7 Å². The van der Waals surface area contributed by atoms with Gasteiger partial charge in [-0.15, -0.1) is 11.8 Å². The smallest absolute Gasteiger partial charge is 0.453 e. The number of rotatable bonds is 8. The van der Waals surface area contributed by atoms with E-state index >= 15 is 0 Å². The third kappa shape index (κ3) is 4.14. The summed E-state index contributed by atoms with van der Waals surface area (Å²) in [6, 6.07) is -0.407. The summed E-state index contributed by atoms with van der Waals surface area (Å²) >= 11 is 1.30. The van der Waals surface area contributed by atoms with Gasteiger partial charge in [0.2, 0.25) is 5.91 Å². The monoisotopic (exact) mass is 503 g/mol. The summed E-state index contributed by atoms with van der Waals surface area (Å²) in [4.78, 5) is 39.1. The number of esters is 1. The molecule has 182 valence electrons. The Kier molecular flexibility index (Phi) is 6.24. The van der Waals surface area contributed by atoms with Crippen LogP contribution in [-0.4, -0.2) is 65.1 Å². The molecular formula is C19H25N3O9S2. The van der Waals surface area contributed by atoms with Gasteiger partial charge in [-0.2, -0.15) is 12.7 Å². The average Bonchev–Trinajstić information content (AvgIpc) is 3.16. The number of nitrogens with zero attached hydrogens (tertiary/aromatic N) is 2. The number of amides is 1. The Morgan fingerprint density at radius 3 is 2.52 bits per heavy atom. The minimum absolute atomic E-state index is 0.0670. The largest absolute Gasteiger partial charge is 0.519 e. The van der Waals surface area contributed by atoms with E-state index in [4.69, 9.17) is 18.7 Å². The number of aliphatic hydroxyl groups excluding tert-OH is 1. The molecule has 0 aromatic carbocycles. The van der Waals surface area contributed by atoms with Crippen molar-refractivity contribution in [1.82, 2.24) is 9.21 Å². The van der Waals surface area contributed by atoms with E-state index in [-0.39, 0.29) is 54.0 Å². The molecule has 12 nitrogen and oxygen atoms in total. The summed E-state index contributed by atoms with van der Waals surface area (Å²) in [7, 11) is -3.79. The van der Waals surface area contributed by atoms with Crippen LogP contribution in [0.5, 0.6) is 0 Å². The lowest BCUT2D eigenvalue weighted by molar-refractivity contribution is -0.164. The predicted molar refractivity (Wildman–Crippen MR) is 114 cm³/mol. The van der Waals surface area contributed by atoms with Crippen LogP contribution in [0.25, 0.3) is 0 Å². The SMILES string of the molecule is CCc1oc(=O)oc1COC(=O)C1=C(SC2CN(S(N)(=O)=O)C2)[C@H](C)[C@@H]2[C@@H]([C@@H](C)O)C(=O)N12. The molecule has 14 heteroatoms. The molecule has 2 saturated heterocycles. The zero-order valence-corrected chi connectivity index (χ0v) is 19.8. The molecule has 4 rings (SSSR count). The number of hydrogen-bond donors (Lipinski definition) is 2. The predicted octanol–water partition coefficient (Wildman–Crippen LogP) is -0.472. The van der Waals surface area contributed by atoms with Gasteiger partial charge < -0.3 is 23.6 Å². The summed E-state index contributed by atoms with van der Waals surface area (Å²) < 4.78 is 39.2. The first-order chi connectivity index (χ1) is 15.4. The number of carbonyl (C=O) groups is 2. The van der Waals surface area contributed by atoms with Crippen LogP contribution >= 0.6 is 11.8 Å². The van der Waals surface area contributed by atoms with E-state index in [9.17, 15) is 27.9 Å². The lowest BCUT2D eigenvalue weighted by Gasteiger charge is -2.46. The summed E-state index contributed by atoms with van der Waals surface area (Å²) in [5.41, 5.74) is 0.0670. The number of β-lactam (4-membered cyclic amide) rings is 1. The highest BCUT2D eigenvalue weighted by Crippen LogP contribution is 2.52. The molecule has 2 fully saturated rings. The van der Waals surface area contributed by atoms with E-state index in [0.29, 0.717) is 11.3 Å².